The average molecular weight is 358 g/mol. The molecule has 116 valence electrons. The van der Waals surface area contributed by atoms with Crippen LogP contribution in [0.15, 0.2) is 22.8 Å². The van der Waals surface area contributed by atoms with E-state index in [1.165, 1.54) is 0 Å². The molecular formula is C14H20BrN3O3. The van der Waals surface area contributed by atoms with Crippen LogP contribution in [0.4, 0.5) is 5.82 Å². The lowest BCUT2D eigenvalue weighted by molar-refractivity contribution is -0.163. The van der Waals surface area contributed by atoms with Crippen molar-refractivity contribution in [2.24, 2.45) is 0 Å². The molecule has 0 bridgehead atoms. The zero-order chi connectivity index (χ0) is 15.3. The Morgan fingerprint density at radius 2 is 2.38 bits per heavy atom. The Morgan fingerprint density at radius 1 is 1.62 bits per heavy atom. The van der Waals surface area contributed by atoms with Gasteiger partial charge in [0.05, 0.1) is 6.61 Å². The molecule has 1 amide bonds. The molecule has 2 N–H and O–H groups in total. The van der Waals surface area contributed by atoms with Crippen molar-refractivity contribution >= 4 is 27.7 Å². The summed E-state index contributed by atoms with van der Waals surface area (Å²) in [4.78, 5) is 18.0. The van der Waals surface area contributed by atoms with Gasteiger partial charge in [0.25, 0.3) is 0 Å². The largest absolute Gasteiger partial charge is 0.393 e. The lowest BCUT2D eigenvalue weighted by atomic mass is 9.94. The second-order valence-electron chi connectivity index (χ2n) is 5.14. The molecule has 1 aromatic heterocycles. The van der Waals surface area contributed by atoms with Gasteiger partial charge in [0.2, 0.25) is 5.91 Å². The number of hydrogen-bond acceptors (Lipinski definition) is 5. The van der Waals surface area contributed by atoms with E-state index in [0.29, 0.717) is 38.5 Å². The van der Waals surface area contributed by atoms with Gasteiger partial charge in [-0.25, -0.2) is 4.98 Å². The Morgan fingerprint density at radius 3 is 3.00 bits per heavy atom. The highest BCUT2D eigenvalue weighted by molar-refractivity contribution is 9.10. The van der Waals surface area contributed by atoms with Gasteiger partial charge in [0.1, 0.15) is 11.4 Å². The van der Waals surface area contributed by atoms with Crippen LogP contribution in [0.25, 0.3) is 0 Å². The maximum absolute atomic E-state index is 11.9. The number of aliphatic hydroxyl groups excluding tert-OH is 1. The maximum atomic E-state index is 11.9. The molecule has 0 unspecified atom stereocenters. The fraction of sp³-hybridized carbons (Fsp3) is 0.571. The summed E-state index contributed by atoms with van der Waals surface area (Å²) >= 11 is 3.33. The Hall–Kier alpha value is -1.02. The van der Waals surface area contributed by atoms with E-state index in [9.17, 15) is 9.90 Å². The lowest BCUT2D eigenvalue weighted by Crippen LogP contribution is -2.65. The first-order chi connectivity index (χ1) is 10.1. The van der Waals surface area contributed by atoms with Crippen LogP contribution < -0.4 is 5.32 Å². The van der Waals surface area contributed by atoms with Crippen LogP contribution in [0.2, 0.25) is 0 Å². The van der Waals surface area contributed by atoms with Gasteiger partial charge in [-0.2, -0.15) is 0 Å². The fourth-order valence-electron chi connectivity index (χ4n) is 2.41. The SMILES string of the molecule is CCOC1(CO)CN(CCC(=O)Nc2cc(Br)ccn2)C1. The third-order valence-electron chi connectivity index (χ3n) is 3.41. The van der Waals surface area contributed by atoms with Crippen LogP contribution in [-0.2, 0) is 9.53 Å². The van der Waals surface area contributed by atoms with Gasteiger partial charge in [-0.05, 0) is 19.1 Å². The van der Waals surface area contributed by atoms with Crippen LogP contribution in [-0.4, -0.2) is 59.3 Å². The summed E-state index contributed by atoms with van der Waals surface area (Å²) in [5.41, 5.74) is -0.433. The average Bonchev–Trinajstić information content (AvgIpc) is 2.41. The number of anilines is 1. The number of carbonyl (C=O) groups excluding carboxylic acids is 1. The third kappa shape index (κ3) is 4.47. The van der Waals surface area contributed by atoms with Crippen molar-refractivity contribution in [1.82, 2.24) is 9.88 Å². The third-order valence-corrected chi connectivity index (χ3v) is 3.90. The van der Waals surface area contributed by atoms with Crippen molar-refractivity contribution in [2.75, 3.05) is 38.2 Å². The summed E-state index contributed by atoms with van der Waals surface area (Å²) < 4.78 is 6.43. The number of rotatable bonds is 7. The number of halogens is 1. The molecule has 2 heterocycles. The van der Waals surface area contributed by atoms with E-state index >= 15 is 0 Å². The summed E-state index contributed by atoms with van der Waals surface area (Å²) in [6, 6.07) is 3.56. The number of carbonyl (C=O) groups is 1. The highest BCUT2D eigenvalue weighted by Gasteiger charge is 2.43. The van der Waals surface area contributed by atoms with Crippen molar-refractivity contribution in [3.8, 4) is 0 Å². The van der Waals surface area contributed by atoms with E-state index in [0.717, 1.165) is 4.47 Å². The number of pyridine rings is 1. The van der Waals surface area contributed by atoms with Crippen molar-refractivity contribution in [3.05, 3.63) is 22.8 Å². The van der Waals surface area contributed by atoms with Gasteiger partial charge in [-0.3, -0.25) is 9.69 Å². The van der Waals surface area contributed by atoms with E-state index in [1.54, 1.807) is 18.3 Å². The summed E-state index contributed by atoms with van der Waals surface area (Å²) in [6.45, 7) is 4.50. The Labute approximate surface area is 132 Å². The molecule has 6 nitrogen and oxygen atoms in total. The van der Waals surface area contributed by atoms with Gasteiger partial charge < -0.3 is 15.2 Å². The minimum atomic E-state index is -0.433. The topological polar surface area (TPSA) is 74.7 Å². The quantitative estimate of drug-likeness (QED) is 0.768. The molecule has 0 radical (unpaired) electrons. The summed E-state index contributed by atoms with van der Waals surface area (Å²) in [7, 11) is 0. The predicted molar refractivity (Wildman–Crippen MR) is 83.1 cm³/mol. The monoisotopic (exact) mass is 357 g/mol. The molecule has 0 aromatic carbocycles. The predicted octanol–water partition coefficient (Wildman–Crippen LogP) is 1.26. The van der Waals surface area contributed by atoms with Gasteiger partial charge in [-0.1, -0.05) is 15.9 Å². The number of likely N-dealkylation sites (tertiary alicyclic amines) is 1. The zero-order valence-electron chi connectivity index (χ0n) is 12.0. The highest BCUT2D eigenvalue weighted by atomic mass is 79.9. The number of amides is 1. The Balaban J connectivity index is 1.71. The van der Waals surface area contributed by atoms with Crippen LogP contribution >= 0.6 is 15.9 Å². The number of nitrogens with one attached hydrogen (secondary N) is 1. The van der Waals surface area contributed by atoms with E-state index < -0.39 is 5.60 Å². The molecule has 1 aliphatic rings. The second kappa shape index (κ2) is 7.31. The van der Waals surface area contributed by atoms with Crippen molar-refractivity contribution in [2.45, 2.75) is 18.9 Å². The van der Waals surface area contributed by atoms with Crippen LogP contribution in [0.3, 0.4) is 0 Å². The first-order valence-corrected chi connectivity index (χ1v) is 7.75. The number of aromatic nitrogens is 1. The van der Waals surface area contributed by atoms with Crippen LogP contribution in [0, 0.1) is 0 Å². The molecule has 0 atom stereocenters. The lowest BCUT2D eigenvalue weighted by Gasteiger charge is -2.48. The minimum Gasteiger partial charge on any atom is -0.393 e. The number of aliphatic hydroxyl groups is 1. The molecule has 1 aromatic rings. The molecule has 1 aliphatic heterocycles. The molecule has 0 aliphatic carbocycles. The second-order valence-corrected chi connectivity index (χ2v) is 6.06. The van der Waals surface area contributed by atoms with Crippen molar-refractivity contribution in [1.29, 1.82) is 0 Å². The molecule has 21 heavy (non-hydrogen) atoms. The highest BCUT2D eigenvalue weighted by Crippen LogP contribution is 2.24. The van der Waals surface area contributed by atoms with Gasteiger partial charge in [-0.15, -0.1) is 0 Å². The standard InChI is InChI=1S/C14H20BrN3O3/c1-2-21-14(10-19)8-18(9-14)6-4-13(20)17-12-7-11(15)3-5-16-12/h3,5,7,19H,2,4,6,8-10H2,1H3,(H,16,17,20). The first kappa shape index (κ1) is 16.4. The van der Waals surface area contributed by atoms with Crippen molar-refractivity contribution in [3.63, 3.8) is 0 Å². The number of nitrogens with zero attached hydrogens (tertiary/aromatic N) is 2. The zero-order valence-corrected chi connectivity index (χ0v) is 13.6. The van der Waals surface area contributed by atoms with E-state index in [2.05, 4.69) is 31.1 Å². The summed E-state index contributed by atoms with van der Waals surface area (Å²) in [5, 5.41) is 12.1. The fourth-order valence-corrected chi connectivity index (χ4v) is 2.74. The van der Waals surface area contributed by atoms with Crippen molar-refractivity contribution < 1.29 is 14.6 Å². The Bertz CT molecular complexity index is 492. The Kier molecular flexibility index (Phi) is 5.69. The molecule has 1 saturated heterocycles. The molecule has 0 saturated carbocycles. The maximum Gasteiger partial charge on any atom is 0.226 e. The summed E-state index contributed by atoms with van der Waals surface area (Å²) in [6.07, 6.45) is 2.02. The van der Waals surface area contributed by atoms with E-state index in [1.807, 2.05) is 6.92 Å². The van der Waals surface area contributed by atoms with E-state index in [-0.39, 0.29) is 12.5 Å². The molecule has 0 spiro atoms. The molecular weight excluding hydrogens is 338 g/mol. The normalized spacial score (nSPS) is 17.3. The molecule has 2 rings (SSSR count). The van der Waals surface area contributed by atoms with E-state index in [4.69, 9.17) is 4.74 Å². The molecule has 1 fully saturated rings. The summed E-state index contributed by atoms with van der Waals surface area (Å²) in [5.74, 6) is 0.468. The molecule has 7 heteroatoms. The first-order valence-electron chi connectivity index (χ1n) is 6.95. The van der Waals surface area contributed by atoms with Gasteiger partial charge >= 0.3 is 0 Å². The van der Waals surface area contributed by atoms with Crippen LogP contribution in [0.1, 0.15) is 13.3 Å². The number of ether oxygens (including phenoxy) is 1. The van der Waals surface area contributed by atoms with Gasteiger partial charge in [0.15, 0.2) is 0 Å². The van der Waals surface area contributed by atoms with Gasteiger partial charge in [0, 0.05) is 43.3 Å². The minimum absolute atomic E-state index is 0.0193. The number of hydrogen-bond donors (Lipinski definition) is 2. The van der Waals surface area contributed by atoms with Crippen LogP contribution in [0.5, 0.6) is 0 Å². The smallest absolute Gasteiger partial charge is 0.226 e.